The average Bonchev–Trinajstić information content (AvgIpc) is 4.09. The number of ether oxygens (including phenoxy) is 2. The van der Waals surface area contributed by atoms with Crippen LogP contribution in [0.15, 0.2) is 184 Å². The third-order valence-electron chi connectivity index (χ3n) is 11.2. The molecule has 5 aromatic carbocycles. The van der Waals surface area contributed by atoms with E-state index in [4.69, 9.17) is 14.3 Å². The molecule has 0 spiro atoms. The fraction of sp³-hybridized carbons (Fsp3) is 0.192. The number of hydrogen-bond acceptors (Lipinski definition) is 15. The topological polar surface area (TPSA) is 213 Å². The molecule has 1 unspecified atom stereocenters. The zero-order chi connectivity index (χ0) is 50.2. The van der Waals surface area contributed by atoms with Gasteiger partial charge in [-0.2, -0.15) is 0 Å². The summed E-state index contributed by atoms with van der Waals surface area (Å²) in [6.45, 7) is 5.17. The van der Waals surface area contributed by atoms with Crippen molar-refractivity contribution in [3.05, 3.63) is 207 Å². The van der Waals surface area contributed by atoms with Crippen molar-refractivity contribution in [1.82, 2.24) is 30.6 Å². The lowest BCUT2D eigenvalue weighted by molar-refractivity contribution is -0.154. The summed E-state index contributed by atoms with van der Waals surface area (Å²) in [5.74, 6) is -2.55. The predicted octanol–water partition coefficient (Wildman–Crippen LogP) is 8.76. The molecule has 0 saturated carbocycles. The minimum Gasteiger partial charge on any atom is -0.614 e. The second-order valence-corrected chi connectivity index (χ2v) is 22.0. The van der Waals surface area contributed by atoms with Crippen LogP contribution in [-0.4, -0.2) is 87.3 Å². The highest BCUT2D eigenvalue weighted by atomic mass is 32.2. The van der Waals surface area contributed by atoms with Crippen molar-refractivity contribution in [2.24, 2.45) is 5.16 Å². The summed E-state index contributed by atoms with van der Waals surface area (Å²) < 4.78 is 26.2. The standard InChI is InChI=1S/C52H46N8O8S4/c1-51(2,3)67-50(64)56-49-54-38(30-69-49)41(58-68-52(35-23-13-6-14-24-35,36-25-15-7-16-26-36)37-27-17-8-18-28-37)45(61)55-42-46(62)60-43(39(31-72(65)47(42)60)70-32-71-40-29-53-59-57-40)48(63)66-44(33-19-9-4-10-20-33)34-21-11-5-12-22-34/h4-30,42,44,47H,31-32H2,1-3H3,(H,55,61)(H,53,57,59)(H,54,56,64)/b58-41-/t42-,47-,72?/m1/s1. The molecule has 1 saturated heterocycles. The van der Waals surface area contributed by atoms with Crippen LogP contribution in [0.5, 0.6) is 0 Å². The molecule has 0 radical (unpaired) electrons. The fourth-order valence-corrected chi connectivity index (χ4v) is 12.8. The SMILES string of the molecule is CC(C)(C)OC(=O)Nc1nc(/C(=N/OC(c2ccccc2)(c2ccccc2)c2ccccc2)C(=O)N[C@@H]2C(=O)N3C(C(=O)OC(c4ccccc4)c4ccccc4)=C(SCSc4c[nH]nn4)C[S+]([O-])[C@H]23)cs1. The number of hydrogen-bond donors (Lipinski definition) is 3. The van der Waals surface area contributed by atoms with Gasteiger partial charge >= 0.3 is 12.1 Å². The minimum absolute atomic E-state index is 0.0136. The number of amides is 3. The molecule has 7 aromatic rings. The molecule has 4 heterocycles. The second-order valence-electron chi connectivity index (χ2n) is 17.1. The molecule has 3 amide bonds. The van der Waals surface area contributed by atoms with Crippen molar-refractivity contribution in [1.29, 1.82) is 0 Å². The molecule has 0 aliphatic carbocycles. The zero-order valence-corrected chi connectivity index (χ0v) is 42.1. The summed E-state index contributed by atoms with van der Waals surface area (Å²) in [6.07, 6.45) is -0.00524. The summed E-state index contributed by atoms with van der Waals surface area (Å²) in [4.78, 5) is 70.0. The van der Waals surface area contributed by atoms with Gasteiger partial charge in [0.25, 0.3) is 11.8 Å². The number of nitrogens with one attached hydrogen (secondary N) is 3. The van der Waals surface area contributed by atoms with Gasteiger partial charge in [0.1, 0.15) is 27.8 Å². The highest BCUT2D eigenvalue weighted by Crippen LogP contribution is 2.44. The molecule has 2 aliphatic rings. The number of nitrogens with zero attached hydrogens (tertiary/aromatic N) is 5. The maximum absolute atomic E-state index is 14.9. The van der Waals surface area contributed by atoms with Crippen LogP contribution in [0.3, 0.4) is 0 Å². The number of aromatic nitrogens is 4. The van der Waals surface area contributed by atoms with Gasteiger partial charge in [-0.05, 0) is 43.1 Å². The number of esters is 1. The molecule has 3 atom stereocenters. The lowest BCUT2D eigenvalue weighted by atomic mass is 9.80. The quantitative estimate of drug-likeness (QED) is 0.0114. The van der Waals surface area contributed by atoms with Crippen molar-refractivity contribution in [2.45, 2.75) is 54.5 Å². The van der Waals surface area contributed by atoms with Crippen molar-refractivity contribution in [3.63, 3.8) is 0 Å². The van der Waals surface area contributed by atoms with E-state index in [0.717, 1.165) is 16.2 Å². The maximum atomic E-state index is 14.9. The highest BCUT2D eigenvalue weighted by Gasteiger charge is 2.62. The Labute approximate surface area is 430 Å². The minimum atomic E-state index is -1.83. The number of oxime groups is 1. The van der Waals surface area contributed by atoms with E-state index in [1.165, 1.54) is 28.9 Å². The average molecular weight is 1040 g/mol. The summed E-state index contributed by atoms with van der Waals surface area (Å²) in [6, 6.07) is 45.2. The Kier molecular flexibility index (Phi) is 15.2. The van der Waals surface area contributed by atoms with Crippen LogP contribution in [0.4, 0.5) is 9.93 Å². The third-order valence-corrected chi connectivity index (χ3v) is 15.9. The molecule has 72 heavy (non-hydrogen) atoms. The van der Waals surface area contributed by atoms with Crippen molar-refractivity contribution in [2.75, 3.05) is 16.2 Å². The molecular formula is C52H46N8O8S4. The molecule has 3 N–H and O–H groups in total. The van der Waals surface area contributed by atoms with E-state index in [1.54, 1.807) is 27.0 Å². The van der Waals surface area contributed by atoms with Crippen LogP contribution >= 0.6 is 34.9 Å². The number of β-lactam (4-membered cyclic amide) rings is 1. The number of anilines is 1. The summed E-state index contributed by atoms with van der Waals surface area (Å²) in [5, 5.41) is 21.8. The summed E-state index contributed by atoms with van der Waals surface area (Å²) in [5.41, 5.74) is 0.727. The molecule has 366 valence electrons. The number of carbonyl (C=O) groups is 4. The smallest absolute Gasteiger partial charge is 0.413 e. The van der Waals surface area contributed by atoms with Gasteiger partial charge in [0.05, 0.1) is 16.2 Å². The first-order valence-electron chi connectivity index (χ1n) is 22.5. The van der Waals surface area contributed by atoms with Gasteiger partial charge < -0.3 is 24.2 Å². The van der Waals surface area contributed by atoms with E-state index in [-0.39, 0.29) is 28.0 Å². The number of benzene rings is 5. The van der Waals surface area contributed by atoms with E-state index in [1.807, 2.05) is 152 Å². The summed E-state index contributed by atoms with van der Waals surface area (Å²) in [7, 11) is 0. The monoisotopic (exact) mass is 1040 g/mol. The Morgan fingerprint density at radius 3 is 1.93 bits per heavy atom. The molecule has 20 heteroatoms. The highest BCUT2D eigenvalue weighted by molar-refractivity contribution is 8.18. The number of rotatable bonds is 17. The van der Waals surface area contributed by atoms with E-state index >= 15 is 0 Å². The molecular weight excluding hydrogens is 993 g/mol. The van der Waals surface area contributed by atoms with E-state index in [9.17, 15) is 23.7 Å². The first kappa shape index (κ1) is 49.7. The van der Waals surface area contributed by atoms with Crippen LogP contribution in [-0.2, 0) is 45.5 Å². The van der Waals surface area contributed by atoms with Crippen molar-refractivity contribution < 1.29 is 38.0 Å². The number of H-pyrrole nitrogens is 1. The zero-order valence-electron chi connectivity index (χ0n) is 38.9. The first-order chi connectivity index (χ1) is 34.9. The predicted molar refractivity (Wildman–Crippen MR) is 277 cm³/mol. The Balaban J connectivity index is 1.07. The molecule has 16 nitrogen and oxygen atoms in total. The summed E-state index contributed by atoms with van der Waals surface area (Å²) >= 11 is 1.74. The number of fused-ring (bicyclic) bond motifs is 1. The van der Waals surface area contributed by atoms with Gasteiger partial charge in [0, 0.05) is 22.1 Å². The fourth-order valence-electron chi connectivity index (χ4n) is 8.05. The van der Waals surface area contributed by atoms with Gasteiger partial charge in [-0.3, -0.25) is 24.9 Å². The van der Waals surface area contributed by atoms with Crippen LogP contribution in [0.2, 0.25) is 0 Å². The Morgan fingerprint density at radius 2 is 1.40 bits per heavy atom. The van der Waals surface area contributed by atoms with Gasteiger partial charge in [0.2, 0.25) is 11.0 Å². The third kappa shape index (κ3) is 11.0. The number of carbonyl (C=O) groups excluding carboxylic acids is 4. The molecule has 2 aromatic heterocycles. The lowest BCUT2D eigenvalue weighted by Crippen LogP contribution is -2.75. The number of aromatic amines is 1. The van der Waals surface area contributed by atoms with Crippen LogP contribution < -0.4 is 10.6 Å². The molecule has 0 bridgehead atoms. The first-order valence-corrected chi connectivity index (χ1v) is 26.7. The van der Waals surface area contributed by atoms with Crippen molar-refractivity contribution >= 4 is 80.8 Å². The van der Waals surface area contributed by atoms with E-state index in [2.05, 4.69) is 36.2 Å². The van der Waals surface area contributed by atoms with Crippen molar-refractivity contribution in [3.8, 4) is 0 Å². The van der Waals surface area contributed by atoms with Crippen LogP contribution in [0.25, 0.3) is 0 Å². The second kappa shape index (κ2) is 22.0. The van der Waals surface area contributed by atoms with E-state index < -0.39 is 63.8 Å². The maximum Gasteiger partial charge on any atom is 0.413 e. The largest absolute Gasteiger partial charge is 0.614 e. The van der Waals surface area contributed by atoms with Gasteiger partial charge in [-0.15, -0.1) is 28.2 Å². The Bertz CT molecular complexity index is 2930. The number of thioether (sulfide) groups is 2. The van der Waals surface area contributed by atoms with Gasteiger partial charge in [0.15, 0.2) is 23.0 Å². The Morgan fingerprint density at radius 1 is 0.847 bits per heavy atom. The number of thiazole rings is 1. The lowest BCUT2D eigenvalue weighted by Gasteiger charge is -2.49. The van der Waals surface area contributed by atoms with Gasteiger partial charge in [-0.1, -0.05) is 174 Å². The molecule has 9 rings (SSSR count). The van der Waals surface area contributed by atoms with Gasteiger partial charge in [-0.25, -0.2) is 14.6 Å². The molecule has 1 fully saturated rings. The van der Waals surface area contributed by atoms with Crippen LogP contribution in [0, 0.1) is 0 Å². The van der Waals surface area contributed by atoms with E-state index in [0.29, 0.717) is 42.8 Å². The van der Waals surface area contributed by atoms with Crippen LogP contribution in [0.1, 0.15) is 60.4 Å². The Hall–Kier alpha value is -7.23. The molecule has 2 aliphatic heterocycles. The normalized spacial score (nSPS) is 16.9.